The largest absolute Gasteiger partial charge is 0.451 e. The fourth-order valence-electron chi connectivity index (χ4n) is 4.60. The Morgan fingerprint density at radius 2 is 1.90 bits per heavy atom. The summed E-state index contributed by atoms with van der Waals surface area (Å²) in [5, 5.41) is 11.0. The van der Waals surface area contributed by atoms with Crippen LogP contribution in [0.2, 0.25) is 0 Å². The number of amides is 1. The number of non-ortho nitro benzene ring substituents is 1. The number of benzene rings is 1. The van der Waals surface area contributed by atoms with Gasteiger partial charge in [-0.2, -0.15) is 0 Å². The number of hydrogen-bond donors (Lipinski definition) is 0. The Hall–Kier alpha value is -3.68. The lowest BCUT2D eigenvalue weighted by atomic mass is 9.83. The van der Waals surface area contributed by atoms with Gasteiger partial charge < -0.3 is 13.9 Å². The van der Waals surface area contributed by atoms with Gasteiger partial charge in [-0.1, -0.05) is 18.2 Å². The first kappa shape index (κ1) is 18.4. The van der Waals surface area contributed by atoms with Gasteiger partial charge in [0.2, 0.25) is 0 Å². The van der Waals surface area contributed by atoms with Crippen LogP contribution in [0, 0.1) is 16.0 Å². The molecular weight excluding hydrogens is 386 g/mol. The highest BCUT2D eigenvalue weighted by atomic mass is 16.6. The maximum absolute atomic E-state index is 13.1. The third-order valence-corrected chi connectivity index (χ3v) is 5.93. The molecule has 2 bridgehead atoms. The lowest BCUT2D eigenvalue weighted by Gasteiger charge is -2.42. The summed E-state index contributed by atoms with van der Waals surface area (Å²) in [4.78, 5) is 37.6. The maximum Gasteiger partial charge on any atom is 0.289 e. The molecule has 0 radical (unpaired) electrons. The maximum atomic E-state index is 13.1. The van der Waals surface area contributed by atoms with Gasteiger partial charge in [-0.05, 0) is 30.5 Å². The van der Waals surface area contributed by atoms with E-state index in [4.69, 9.17) is 4.42 Å². The molecule has 152 valence electrons. The normalized spacial score (nSPS) is 19.9. The number of nitrogens with zero attached hydrogens (tertiary/aromatic N) is 3. The van der Waals surface area contributed by atoms with E-state index in [1.807, 2.05) is 10.6 Å². The van der Waals surface area contributed by atoms with E-state index >= 15 is 0 Å². The predicted molar refractivity (Wildman–Crippen MR) is 108 cm³/mol. The summed E-state index contributed by atoms with van der Waals surface area (Å²) in [5.74, 6) is 0.777. The number of furan rings is 1. The Bertz CT molecular complexity index is 1210. The SMILES string of the molecule is O=C(c1ccc(-c2cccc([N+](=O)[O-])c2)o1)N1C[C@H]2C[C@@H](C1)c1cccc(=O)n1C2. The second-order valence-electron chi connectivity index (χ2n) is 7.88. The van der Waals surface area contributed by atoms with Crippen LogP contribution >= 0.6 is 0 Å². The molecule has 3 aromatic rings. The Balaban J connectivity index is 1.38. The van der Waals surface area contributed by atoms with Gasteiger partial charge in [0, 0.05) is 55.0 Å². The molecule has 2 aliphatic heterocycles. The van der Waals surface area contributed by atoms with Crippen LogP contribution in [0.25, 0.3) is 11.3 Å². The van der Waals surface area contributed by atoms with Gasteiger partial charge in [0.15, 0.2) is 5.76 Å². The molecular formula is C22H19N3O5. The number of pyridine rings is 1. The zero-order valence-corrected chi connectivity index (χ0v) is 16.1. The highest BCUT2D eigenvalue weighted by Gasteiger charge is 2.37. The molecule has 1 saturated heterocycles. The second-order valence-corrected chi connectivity index (χ2v) is 7.88. The second kappa shape index (κ2) is 6.98. The van der Waals surface area contributed by atoms with Crippen molar-refractivity contribution >= 4 is 11.6 Å². The van der Waals surface area contributed by atoms with Crippen LogP contribution in [-0.4, -0.2) is 33.4 Å². The topological polar surface area (TPSA) is 98.6 Å². The Morgan fingerprint density at radius 3 is 2.73 bits per heavy atom. The first-order chi connectivity index (χ1) is 14.5. The molecule has 1 amide bonds. The van der Waals surface area contributed by atoms with E-state index in [0.29, 0.717) is 31.0 Å². The number of carbonyl (C=O) groups is 1. The van der Waals surface area contributed by atoms with Crippen molar-refractivity contribution in [2.75, 3.05) is 13.1 Å². The predicted octanol–water partition coefficient (Wildman–Crippen LogP) is 3.28. The molecule has 0 spiro atoms. The smallest absolute Gasteiger partial charge is 0.289 e. The number of likely N-dealkylation sites (tertiary alicyclic amines) is 1. The number of carbonyl (C=O) groups excluding carboxylic acids is 1. The van der Waals surface area contributed by atoms with Crippen LogP contribution < -0.4 is 5.56 Å². The average molecular weight is 405 g/mol. The van der Waals surface area contributed by atoms with E-state index in [2.05, 4.69) is 0 Å². The zero-order chi connectivity index (χ0) is 20.8. The Morgan fingerprint density at radius 1 is 1.07 bits per heavy atom. The average Bonchev–Trinajstić information content (AvgIpc) is 3.24. The van der Waals surface area contributed by atoms with Crippen LogP contribution in [0.15, 0.2) is 63.8 Å². The lowest BCUT2D eigenvalue weighted by molar-refractivity contribution is -0.384. The summed E-state index contributed by atoms with van der Waals surface area (Å²) < 4.78 is 7.59. The van der Waals surface area contributed by atoms with Crippen LogP contribution in [0.3, 0.4) is 0 Å². The molecule has 1 aromatic carbocycles. The summed E-state index contributed by atoms with van der Waals surface area (Å²) in [6.07, 6.45) is 0.963. The molecule has 0 unspecified atom stereocenters. The fraction of sp³-hybridized carbons (Fsp3) is 0.273. The minimum absolute atomic E-state index is 0.00890. The minimum Gasteiger partial charge on any atom is -0.451 e. The molecule has 30 heavy (non-hydrogen) atoms. The third-order valence-electron chi connectivity index (χ3n) is 5.93. The first-order valence-electron chi connectivity index (χ1n) is 9.83. The molecule has 1 fully saturated rings. The van der Waals surface area contributed by atoms with E-state index in [1.165, 1.54) is 12.1 Å². The molecule has 0 N–H and O–H groups in total. The number of aromatic nitrogens is 1. The fourth-order valence-corrected chi connectivity index (χ4v) is 4.60. The van der Waals surface area contributed by atoms with Gasteiger partial charge in [-0.15, -0.1) is 0 Å². The standard InChI is InChI=1S/C22H19N3O5/c26-21-6-2-5-18-16-9-14(12-24(18)21)11-23(13-16)22(27)20-8-7-19(30-20)15-3-1-4-17(10-15)25(28)29/h1-8,10,14,16H,9,11-13H2/t14-,16+/m1/s1. The highest BCUT2D eigenvalue weighted by molar-refractivity contribution is 5.92. The molecule has 0 aliphatic carbocycles. The van der Waals surface area contributed by atoms with Crippen LogP contribution in [0.5, 0.6) is 0 Å². The van der Waals surface area contributed by atoms with Gasteiger partial charge in [-0.25, -0.2) is 0 Å². The van der Waals surface area contributed by atoms with Crippen LogP contribution in [0.4, 0.5) is 5.69 Å². The van der Waals surface area contributed by atoms with Crippen molar-refractivity contribution < 1.29 is 14.1 Å². The summed E-state index contributed by atoms with van der Waals surface area (Å²) in [7, 11) is 0. The number of fused-ring (bicyclic) bond motifs is 4. The molecule has 8 heteroatoms. The minimum atomic E-state index is -0.464. The monoisotopic (exact) mass is 405 g/mol. The number of nitro benzene ring substituents is 1. The number of rotatable bonds is 3. The van der Waals surface area contributed by atoms with E-state index in [9.17, 15) is 19.7 Å². The van der Waals surface area contributed by atoms with Crippen molar-refractivity contribution in [1.82, 2.24) is 9.47 Å². The van der Waals surface area contributed by atoms with Crippen LogP contribution in [-0.2, 0) is 6.54 Å². The van der Waals surface area contributed by atoms with Gasteiger partial charge in [-0.3, -0.25) is 19.7 Å². The Labute approximate surface area is 171 Å². The molecule has 8 nitrogen and oxygen atoms in total. The van der Waals surface area contributed by atoms with Crippen LogP contribution in [0.1, 0.15) is 28.6 Å². The van der Waals surface area contributed by atoms with Gasteiger partial charge in [0.05, 0.1) is 4.92 Å². The van der Waals surface area contributed by atoms with E-state index in [-0.39, 0.29) is 34.7 Å². The van der Waals surface area contributed by atoms with Crippen molar-refractivity contribution in [3.8, 4) is 11.3 Å². The van der Waals surface area contributed by atoms with Crippen molar-refractivity contribution in [1.29, 1.82) is 0 Å². The molecule has 2 aliphatic rings. The molecule has 4 heterocycles. The third kappa shape index (κ3) is 3.10. The summed E-state index contributed by atoms with van der Waals surface area (Å²) in [6.45, 7) is 1.72. The molecule has 0 saturated carbocycles. The molecule has 2 atom stereocenters. The van der Waals surface area contributed by atoms with Gasteiger partial charge >= 0.3 is 0 Å². The van der Waals surface area contributed by atoms with Crippen molar-refractivity contribution in [2.45, 2.75) is 18.9 Å². The highest BCUT2D eigenvalue weighted by Crippen LogP contribution is 2.36. The van der Waals surface area contributed by atoms with Crippen molar-refractivity contribution in [3.05, 3.63) is 86.5 Å². The van der Waals surface area contributed by atoms with Crippen molar-refractivity contribution in [3.63, 3.8) is 0 Å². The van der Waals surface area contributed by atoms with Gasteiger partial charge in [0.25, 0.3) is 17.2 Å². The molecule has 2 aromatic heterocycles. The quantitative estimate of drug-likeness (QED) is 0.492. The lowest BCUT2D eigenvalue weighted by Crippen LogP contribution is -2.49. The van der Waals surface area contributed by atoms with E-state index in [0.717, 1.165) is 12.1 Å². The Kier molecular flexibility index (Phi) is 4.27. The number of hydrogen-bond acceptors (Lipinski definition) is 5. The van der Waals surface area contributed by atoms with Crippen molar-refractivity contribution in [2.24, 2.45) is 5.92 Å². The summed E-state index contributed by atoms with van der Waals surface area (Å²) in [6, 6.07) is 14.7. The molecule has 5 rings (SSSR count). The van der Waals surface area contributed by atoms with Gasteiger partial charge in [0.1, 0.15) is 5.76 Å². The van der Waals surface area contributed by atoms with E-state index < -0.39 is 4.92 Å². The zero-order valence-electron chi connectivity index (χ0n) is 16.1. The number of nitro groups is 1. The first-order valence-corrected chi connectivity index (χ1v) is 9.83. The number of piperidine rings is 1. The summed E-state index contributed by atoms with van der Waals surface area (Å²) in [5.41, 5.74) is 1.50. The summed E-state index contributed by atoms with van der Waals surface area (Å²) >= 11 is 0. The van der Waals surface area contributed by atoms with E-state index in [1.54, 1.807) is 41.3 Å².